The maximum Gasteiger partial charge on any atom is 0.413 e. The molecule has 0 saturated carbocycles. The van der Waals surface area contributed by atoms with Crippen LogP contribution in [0.5, 0.6) is 5.75 Å². The molecule has 0 spiro atoms. The zero-order valence-corrected chi connectivity index (χ0v) is 13.3. The molecule has 0 unspecified atom stereocenters. The summed E-state index contributed by atoms with van der Waals surface area (Å²) < 4.78 is 11.1. The molecule has 110 valence electrons. The van der Waals surface area contributed by atoms with Crippen LogP contribution < -0.4 is 10.1 Å². The average molecular weight is 351 g/mol. The number of benzene rings is 1. The van der Waals surface area contributed by atoms with Gasteiger partial charge in [-0.1, -0.05) is 30.3 Å². The number of nitrogens with one attached hydrogen (secondary N) is 1. The second kappa shape index (κ2) is 7.08. The zero-order chi connectivity index (χ0) is 15.2. The Balaban J connectivity index is 2.01. The van der Waals surface area contributed by atoms with Gasteiger partial charge in [0.2, 0.25) is 0 Å². The van der Waals surface area contributed by atoms with Crippen LogP contribution in [0.25, 0.3) is 0 Å². The van der Waals surface area contributed by atoms with Gasteiger partial charge in [-0.2, -0.15) is 0 Å². The fourth-order valence-electron chi connectivity index (χ4n) is 1.67. The van der Waals surface area contributed by atoms with Gasteiger partial charge in [-0.3, -0.25) is 5.32 Å². The lowest BCUT2D eigenvalue weighted by atomic mass is 10.2. The Kier molecular flexibility index (Phi) is 5.16. The van der Waals surface area contributed by atoms with Gasteiger partial charge in [0, 0.05) is 10.5 Å². The zero-order valence-electron chi connectivity index (χ0n) is 11.7. The van der Waals surface area contributed by atoms with Crippen LogP contribution in [0.3, 0.4) is 0 Å². The molecule has 1 aromatic heterocycles. The van der Waals surface area contributed by atoms with E-state index >= 15 is 0 Å². The van der Waals surface area contributed by atoms with E-state index in [1.165, 1.54) is 7.11 Å². The van der Waals surface area contributed by atoms with Crippen molar-refractivity contribution in [3.05, 3.63) is 52.1 Å². The van der Waals surface area contributed by atoms with Crippen LogP contribution in [0.1, 0.15) is 11.3 Å². The summed E-state index contributed by atoms with van der Waals surface area (Å²) in [5, 5.41) is 2.58. The summed E-state index contributed by atoms with van der Waals surface area (Å²) in [5.41, 5.74) is 1.66. The molecule has 1 amide bonds. The predicted octanol–water partition coefficient (Wildman–Crippen LogP) is 3.91. The van der Waals surface area contributed by atoms with E-state index in [1.807, 2.05) is 37.3 Å². The number of aromatic nitrogens is 1. The fourth-order valence-corrected chi connectivity index (χ4v) is 1.96. The predicted molar refractivity (Wildman–Crippen MR) is 83.5 cm³/mol. The standard InChI is InChI=1S/C15H15BrN2O3/c1-10-12(16)8-13(20-2)14(17-10)18-15(19)21-9-11-6-4-3-5-7-11/h3-8H,9H2,1-2H3,(H,17,18,19). The minimum atomic E-state index is -0.577. The monoisotopic (exact) mass is 350 g/mol. The number of hydrogen-bond acceptors (Lipinski definition) is 4. The van der Waals surface area contributed by atoms with Gasteiger partial charge in [-0.25, -0.2) is 9.78 Å². The number of amides is 1. The molecule has 5 nitrogen and oxygen atoms in total. The molecule has 0 bridgehead atoms. The number of carbonyl (C=O) groups is 1. The number of halogens is 1. The van der Waals surface area contributed by atoms with Gasteiger partial charge in [0.15, 0.2) is 11.6 Å². The van der Waals surface area contributed by atoms with Crippen LogP contribution in [0, 0.1) is 6.92 Å². The molecule has 0 aliphatic carbocycles. The third kappa shape index (κ3) is 4.19. The number of ether oxygens (including phenoxy) is 2. The van der Waals surface area contributed by atoms with Crippen LogP contribution >= 0.6 is 15.9 Å². The minimum absolute atomic E-state index is 0.199. The molecule has 1 aromatic carbocycles. The third-order valence-corrected chi connectivity index (χ3v) is 3.57. The Hall–Kier alpha value is -2.08. The van der Waals surface area contributed by atoms with Crippen molar-refractivity contribution in [1.29, 1.82) is 0 Å². The Morgan fingerprint density at radius 3 is 2.71 bits per heavy atom. The van der Waals surface area contributed by atoms with Gasteiger partial charge in [0.05, 0.1) is 12.8 Å². The first-order valence-electron chi connectivity index (χ1n) is 6.29. The molecule has 6 heteroatoms. The van der Waals surface area contributed by atoms with Crippen molar-refractivity contribution in [3.63, 3.8) is 0 Å². The summed E-state index contributed by atoms with van der Waals surface area (Å²) in [6.45, 7) is 2.02. The minimum Gasteiger partial charge on any atom is -0.493 e. The maximum absolute atomic E-state index is 11.8. The molecule has 0 fully saturated rings. The highest BCUT2D eigenvalue weighted by Gasteiger charge is 2.12. The summed E-state index contributed by atoms with van der Waals surface area (Å²) >= 11 is 3.36. The molecule has 1 N–H and O–H groups in total. The van der Waals surface area contributed by atoms with E-state index in [0.717, 1.165) is 15.7 Å². The first-order valence-corrected chi connectivity index (χ1v) is 7.08. The molecule has 1 heterocycles. The number of hydrogen-bond donors (Lipinski definition) is 1. The molecule has 2 aromatic rings. The smallest absolute Gasteiger partial charge is 0.413 e. The highest BCUT2D eigenvalue weighted by molar-refractivity contribution is 9.10. The van der Waals surface area contributed by atoms with Crippen LogP contribution in [0.4, 0.5) is 10.6 Å². The summed E-state index contributed by atoms with van der Waals surface area (Å²) in [6.07, 6.45) is -0.577. The van der Waals surface area contributed by atoms with Crippen LogP contribution in [0.15, 0.2) is 40.9 Å². The Morgan fingerprint density at radius 2 is 2.05 bits per heavy atom. The molecule has 2 rings (SSSR count). The van der Waals surface area contributed by atoms with Crippen molar-refractivity contribution in [3.8, 4) is 5.75 Å². The van der Waals surface area contributed by atoms with E-state index < -0.39 is 6.09 Å². The summed E-state index contributed by atoms with van der Waals surface area (Å²) in [4.78, 5) is 16.1. The molecule has 0 atom stereocenters. The quantitative estimate of drug-likeness (QED) is 0.907. The normalized spacial score (nSPS) is 10.0. The second-order valence-electron chi connectivity index (χ2n) is 4.29. The number of pyridine rings is 1. The van der Waals surface area contributed by atoms with Crippen molar-refractivity contribution in [2.75, 3.05) is 12.4 Å². The molecule has 21 heavy (non-hydrogen) atoms. The van der Waals surface area contributed by atoms with Gasteiger partial charge in [0.25, 0.3) is 0 Å². The first-order chi connectivity index (χ1) is 10.1. The topological polar surface area (TPSA) is 60.5 Å². The number of anilines is 1. The van der Waals surface area contributed by atoms with Gasteiger partial charge in [0.1, 0.15) is 6.61 Å². The number of methoxy groups -OCH3 is 1. The van der Waals surface area contributed by atoms with Crippen LogP contribution in [0.2, 0.25) is 0 Å². The number of carbonyl (C=O) groups excluding carboxylic acids is 1. The van der Waals surface area contributed by atoms with Gasteiger partial charge >= 0.3 is 6.09 Å². The van der Waals surface area contributed by atoms with E-state index in [4.69, 9.17) is 9.47 Å². The Labute approximate surface area is 131 Å². The third-order valence-electron chi connectivity index (χ3n) is 2.77. The maximum atomic E-state index is 11.8. The number of nitrogens with zero attached hydrogens (tertiary/aromatic N) is 1. The molecule has 0 aliphatic heterocycles. The van der Waals surface area contributed by atoms with Crippen molar-refractivity contribution in [1.82, 2.24) is 4.98 Å². The molecule has 0 saturated heterocycles. The lowest BCUT2D eigenvalue weighted by molar-refractivity contribution is 0.155. The largest absolute Gasteiger partial charge is 0.493 e. The van der Waals surface area contributed by atoms with E-state index in [9.17, 15) is 4.79 Å². The van der Waals surface area contributed by atoms with E-state index in [-0.39, 0.29) is 6.61 Å². The van der Waals surface area contributed by atoms with E-state index in [2.05, 4.69) is 26.2 Å². The summed E-state index contributed by atoms with van der Waals surface area (Å²) in [5.74, 6) is 0.792. The van der Waals surface area contributed by atoms with Crippen molar-refractivity contribution < 1.29 is 14.3 Å². The van der Waals surface area contributed by atoms with E-state index in [0.29, 0.717) is 11.6 Å². The average Bonchev–Trinajstić information content (AvgIpc) is 2.49. The van der Waals surface area contributed by atoms with Gasteiger partial charge < -0.3 is 9.47 Å². The van der Waals surface area contributed by atoms with Gasteiger partial charge in [-0.15, -0.1) is 0 Å². The van der Waals surface area contributed by atoms with E-state index in [1.54, 1.807) is 6.07 Å². The molecular weight excluding hydrogens is 336 g/mol. The molecular formula is C15H15BrN2O3. The second-order valence-corrected chi connectivity index (χ2v) is 5.15. The van der Waals surface area contributed by atoms with Gasteiger partial charge in [-0.05, 0) is 28.4 Å². The summed E-state index contributed by atoms with van der Waals surface area (Å²) in [7, 11) is 1.51. The lowest BCUT2D eigenvalue weighted by Crippen LogP contribution is -2.15. The molecule has 0 radical (unpaired) electrons. The van der Waals surface area contributed by atoms with Crippen molar-refractivity contribution >= 4 is 27.8 Å². The number of rotatable bonds is 4. The SMILES string of the molecule is COc1cc(Br)c(C)nc1NC(=O)OCc1ccccc1. The van der Waals surface area contributed by atoms with Crippen LogP contribution in [-0.2, 0) is 11.3 Å². The van der Waals surface area contributed by atoms with Crippen molar-refractivity contribution in [2.45, 2.75) is 13.5 Å². The highest BCUT2D eigenvalue weighted by atomic mass is 79.9. The first kappa shape index (κ1) is 15.3. The number of aryl methyl sites for hydroxylation is 1. The lowest BCUT2D eigenvalue weighted by Gasteiger charge is -2.11. The summed E-state index contributed by atoms with van der Waals surface area (Å²) in [6, 6.07) is 11.2. The highest BCUT2D eigenvalue weighted by Crippen LogP contribution is 2.28. The van der Waals surface area contributed by atoms with Crippen molar-refractivity contribution in [2.24, 2.45) is 0 Å². The molecule has 0 aliphatic rings. The fraction of sp³-hybridized carbons (Fsp3) is 0.200. The Morgan fingerprint density at radius 1 is 1.33 bits per heavy atom. The van der Waals surface area contributed by atoms with Crippen LogP contribution in [-0.4, -0.2) is 18.2 Å². The Bertz CT molecular complexity index is 632.